The number of fused-ring (bicyclic) bond motifs is 1. The van der Waals surface area contributed by atoms with Crippen LogP contribution in [0.4, 0.5) is 11.6 Å². The standard InChI is InChI=1S/C14H19N5O2/c1-2-18(9-10-4-3-7-15-10)14-16-12-6-5-11(19(20)21)8-13(12)17-14/h5-6,8,10,15H,2-4,7,9H2,1H3,(H,16,17). The van der Waals surface area contributed by atoms with Gasteiger partial charge in [-0.25, -0.2) is 4.98 Å². The lowest BCUT2D eigenvalue weighted by Gasteiger charge is -2.23. The fraction of sp³-hybridized carbons (Fsp3) is 0.500. The number of nitrogens with one attached hydrogen (secondary N) is 2. The normalized spacial score (nSPS) is 18.2. The van der Waals surface area contributed by atoms with Crippen molar-refractivity contribution in [2.24, 2.45) is 0 Å². The molecule has 1 aliphatic heterocycles. The molecule has 1 aromatic carbocycles. The molecule has 1 saturated heterocycles. The van der Waals surface area contributed by atoms with Gasteiger partial charge in [0, 0.05) is 31.3 Å². The van der Waals surface area contributed by atoms with Crippen LogP contribution in [0.15, 0.2) is 18.2 Å². The van der Waals surface area contributed by atoms with Crippen molar-refractivity contribution in [1.82, 2.24) is 15.3 Å². The van der Waals surface area contributed by atoms with Crippen molar-refractivity contribution >= 4 is 22.7 Å². The molecule has 7 heteroatoms. The molecule has 2 N–H and O–H groups in total. The van der Waals surface area contributed by atoms with Gasteiger partial charge in [0.15, 0.2) is 0 Å². The zero-order chi connectivity index (χ0) is 14.8. The van der Waals surface area contributed by atoms with Gasteiger partial charge in [0.2, 0.25) is 5.95 Å². The molecule has 0 spiro atoms. The molecular formula is C14H19N5O2. The molecule has 3 rings (SSSR count). The number of aromatic amines is 1. The largest absolute Gasteiger partial charge is 0.341 e. The predicted molar refractivity (Wildman–Crippen MR) is 81.7 cm³/mol. The summed E-state index contributed by atoms with van der Waals surface area (Å²) in [5, 5.41) is 14.3. The highest BCUT2D eigenvalue weighted by Gasteiger charge is 2.19. The van der Waals surface area contributed by atoms with E-state index in [0.717, 1.165) is 31.1 Å². The first kappa shape index (κ1) is 13.8. The van der Waals surface area contributed by atoms with Crippen molar-refractivity contribution < 1.29 is 4.92 Å². The number of imidazole rings is 1. The highest BCUT2D eigenvalue weighted by Crippen LogP contribution is 2.22. The molecule has 2 heterocycles. The lowest BCUT2D eigenvalue weighted by Crippen LogP contribution is -2.38. The number of rotatable bonds is 5. The number of hydrogen-bond donors (Lipinski definition) is 2. The van der Waals surface area contributed by atoms with E-state index in [0.29, 0.717) is 11.6 Å². The molecular weight excluding hydrogens is 270 g/mol. The Labute approximate surface area is 122 Å². The SMILES string of the molecule is CCN(CC1CCCN1)c1nc2ccc([N+](=O)[O-])cc2[nH]1. The molecule has 2 aromatic rings. The minimum atomic E-state index is -0.389. The van der Waals surface area contributed by atoms with Gasteiger partial charge < -0.3 is 15.2 Å². The Morgan fingerprint density at radius 3 is 3.05 bits per heavy atom. The second-order valence-corrected chi connectivity index (χ2v) is 5.35. The highest BCUT2D eigenvalue weighted by atomic mass is 16.6. The topological polar surface area (TPSA) is 87.1 Å². The number of aromatic nitrogens is 2. The Bertz CT molecular complexity index is 648. The van der Waals surface area contributed by atoms with Gasteiger partial charge in [-0.3, -0.25) is 10.1 Å². The van der Waals surface area contributed by atoms with Crippen LogP contribution >= 0.6 is 0 Å². The first-order chi connectivity index (χ1) is 10.2. The minimum absolute atomic E-state index is 0.0817. The number of anilines is 1. The number of nitro benzene ring substituents is 1. The van der Waals surface area contributed by atoms with E-state index in [-0.39, 0.29) is 10.6 Å². The van der Waals surface area contributed by atoms with Crippen molar-refractivity contribution in [3.05, 3.63) is 28.3 Å². The Kier molecular flexibility index (Phi) is 3.74. The Balaban J connectivity index is 1.85. The van der Waals surface area contributed by atoms with Crippen LogP contribution in [0, 0.1) is 10.1 Å². The molecule has 7 nitrogen and oxygen atoms in total. The number of non-ortho nitro benzene ring substituents is 1. The van der Waals surface area contributed by atoms with E-state index in [1.54, 1.807) is 6.07 Å². The Hall–Kier alpha value is -2.15. The van der Waals surface area contributed by atoms with Crippen LogP contribution in [0.5, 0.6) is 0 Å². The van der Waals surface area contributed by atoms with Crippen LogP contribution in [-0.4, -0.2) is 40.6 Å². The predicted octanol–water partition coefficient (Wildman–Crippen LogP) is 2.05. The first-order valence-corrected chi connectivity index (χ1v) is 7.30. The smallest absolute Gasteiger partial charge is 0.271 e. The van der Waals surface area contributed by atoms with Crippen molar-refractivity contribution in [2.75, 3.05) is 24.5 Å². The molecule has 21 heavy (non-hydrogen) atoms. The summed E-state index contributed by atoms with van der Waals surface area (Å²) in [6, 6.07) is 5.21. The van der Waals surface area contributed by atoms with E-state index < -0.39 is 0 Å². The summed E-state index contributed by atoms with van der Waals surface area (Å²) >= 11 is 0. The van der Waals surface area contributed by atoms with Gasteiger partial charge >= 0.3 is 0 Å². The zero-order valence-corrected chi connectivity index (χ0v) is 12.0. The van der Waals surface area contributed by atoms with Gasteiger partial charge in [0.25, 0.3) is 5.69 Å². The summed E-state index contributed by atoms with van der Waals surface area (Å²) in [6.07, 6.45) is 2.40. The van der Waals surface area contributed by atoms with Crippen LogP contribution < -0.4 is 10.2 Å². The van der Waals surface area contributed by atoms with Crippen molar-refractivity contribution in [2.45, 2.75) is 25.8 Å². The van der Waals surface area contributed by atoms with Crippen LogP contribution in [0.1, 0.15) is 19.8 Å². The van der Waals surface area contributed by atoms with Crippen LogP contribution in [0.2, 0.25) is 0 Å². The van der Waals surface area contributed by atoms with Crippen molar-refractivity contribution in [3.63, 3.8) is 0 Å². The van der Waals surface area contributed by atoms with E-state index in [1.165, 1.54) is 25.0 Å². The fourth-order valence-electron chi connectivity index (χ4n) is 2.79. The summed E-state index contributed by atoms with van der Waals surface area (Å²) < 4.78 is 0. The third kappa shape index (κ3) is 2.82. The Morgan fingerprint density at radius 1 is 1.52 bits per heavy atom. The summed E-state index contributed by atoms with van der Waals surface area (Å²) in [5.74, 6) is 0.779. The lowest BCUT2D eigenvalue weighted by molar-refractivity contribution is -0.384. The van der Waals surface area contributed by atoms with Crippen molar-refractivity contribution in [3.8, 4) is 0 Å². The highest BCUT2D eigenvalue weighted by molar-refractivity contribution is 5.80. The number of hydrogen-bond acceptors (Lipinski definition) is 5. The Morgan fingerprint density at radius 2 is 2.38 bits per heavy atom. The molecule has 1 fully saturated rings. The number of nitrogens with zero attached hydrogens (tertiary/aromatic N) is 3. The van der Waals surface area contributed by atoms with Crippen LogP contribution in [0.25, 0.3) is 11.0 Å². The first-order valence-electron chi connectivity index (χ1n) is 7.30. The minimum Gasteiger partial charge on any atom is -0.341 e. The lowest BCUT2D eigenvalue weighted by atomic mass is 10.2. The van der Waals surface area contributed by atoms with Gasteiger partial charge in [0.1, 0.15) is 0 Å². The van der Waals surface area contributed by atoms with Crippen LogP contribution in [-0.2, 0) is 0 Å². The van der Waals surface area contributed by atoms with E-state index in [9.17, 15) is 10.1 Å². The molecule has 1 atom stereocenters. The molecule has 1 unspecified atom stereocenters. The number of benzene rings is 1. The van der Waals surface area contributed by atoms with E-state index in [4.69, 9.17) is 0 Å². The summed E-state index contributed by atoms with van der Waals surface area (Å²) in [4.78, 5) is 20.4. The third-order valence-electron chi connectivity index (χ3n) is 3.95. The molecule has 0 saturated carbocycles. The molecule has 1 aromatic heterocycles. The number of nitro groups is 1. The molecule has 0 amide bonds. The molecule has 0 bridgehead atoms. The third-order valence-corrected chi connectivity index (χ3v) is 3.95. The maximum atomic E-state index is 10.8. The van der Waals surface area contributed by atoms with Crippen LogP contribution in [0.3, 0.4) is 0 Å². The van der Waals surface area contributed by atoms with Crippen molar-refractivity contribution in [1.29, 1.82) is 0 Å². The van der Waals surface area contributed by atoms with E-state index in [2.05, 4.69) is 27.1 Å². The molecule has 0 radical (unpaired) electrons. The zero-order valence-electron chi connectivity index (χ0n) is 12.0. The molecule has 0 aliphatic carbocycles. The maximum Gasteiger partial charge on any atom is 0.271 e. The second-order valence-electron chi connectivity index (χ2n) is 5.35. The summed E-state index contributed by atoms with van der Waals surface area (Å²) in [5.41, 5.74) is 1.55. The average Bonchev–Trinajstić information content (AvgIpc) is 3.12. The quantitative estimate of drug-likeness (QED) is 0.650. The molecule has 1 aliphatic rings. The van der Waals surface area contributed by atoms with Gasteiger partial charge in [-0.2, -0.15) is 0 Å². The second kappa shape index (κ2) is 5.69. The van der Waals surface area contributed by atoms with Gasteiger partial charge in [-0.05, 0) is 32.4 Å². The number of likely N-dealkylation sites (N-methyl/N-ethyl adjacent to an activating group) is 1. The molecule has 112 valence electrons. The summed E-state index contributed by atoms with van der Waals surface area (Å²) in [6.45, 7) is 4.91. The monoisotopic (exact) mass is 289 g/mol. The number of H-pyrrole nitrogens is 1. The van der Waals surface area contributed by atoms with E-state index in [1.807, 2.05) is 0 Å². The average molecular weight is 289 g/mol. The fourth-order valence-corrected chi connectivity index (χ4v) is 2.79. The van der Waals surface area contributed by atoms with Gasteiger partial charge in [-0.15, -0.1) is 0 Å². The van der Waals surface area contributed by atoms with E-state index >= 15 is 0 Å². The summed E-state index contributed by atoms with van der Waals surface area (Å²) in [7, 11) is 0. The van der Waals surface area contributed by atoms with Gasteiger partial charge in [0.05, 0.1) is 16.0 Å². The maximum absolute atomic E-state index is 10.8. The van der Waals surface area contributed by atoms with Gasteiger partial charge in [-0.1, -0.05) is 0 Å².